The fraction of sp³-hybridized carbons (Fsp3) is 0.250. The van der Waals surface area contributed by atoms with E-state index in [1.165, 1.54) is 0 Å². The van der Waals surface area contributed by atoms with Gasteiger partial charge in [-0.3, -0.25) is 0 Å². The van der Waals surface area contributed by atoms with Gasteiger partial charge in [0.15, 0.2) is 0 Å². The molecule has 3 heteroatoms. The molecule has 35 valence electrons. The molecule has 1 radical (unpaired) electrons. The topological polar surface area (TPSA) is 12.0 Å². The Labute approximate surface area is 46.0 Å². The molecule has 0 aromatic carbocycles. The second-order valence-corrected chi connectivity index (χ2v) is 1.05. The molecule has 0 aliphatic rings. The standard InChI is InChI=1S/C4H8B2N/c1-5-3-4-7-6-2/h3-4,7H,1H2,2H3. The van der Waals surface area contributed by atoms with Gasteiger partial charge in [-0.2, -0.15) is 0 Å². The van der Waals surface area contributed by atoms with Crippen molar-refractivity contribution in [3.63, 3.8) is 0 Å². The molecule has 0 unspecified atom stereocenters. The number of hydrogen-bond donors (Lipinski definition) is 1. The van der Waals surface area contributed by atoms with Gasteiger partial charge in [-0.1, -0.05) is 0 Å². The first-order valence-electron chi connectivity index (χ1n) is 2.23. The third-order valence-corrected chi connectivity index (χ3v) is 0.495. The maximum atomic E-state index is 3.49. The molecule has 0 aliphatic heterocycles. The van der Waals surface area contributed by atoms with Crippen LogP contribution in [0.3, 0.4) is 0 Å². The Bertz CT molecular complexity index is 70.1. The Morgan fingerprint density at radius 2 is 2.43 bits per heavy atom. The molecule has 0 spiro atoms. The van der Waals surface area contributed by atoms with Crippen molar-refractivity contribution < 1.29 is 0 Å². The summed E-state index contributed by atoms with van der Waals surface area (Å²) in [6, 6.07) is 0. The van der Waals surface area contributed by atoms with Crippen molar-refractivity contribution in [1.82, 2.24) is 5.23 Å². The van der Waals surface area contributed by atoms with E-state index in [4.69, 9.17) is 0 Å². The van der Waals surface area contributed by atoms with Gasteiger partial charge in [0.05, 0.1) is 0 Å². The predicted molar refractivity (Wildman–Crippen MR) is 36.8 cm³/mol. The van der Waals surface area contributed by atoms with Crippen LogP contribution in [0.15, 0.2) is 12.2 Å². The molecule has 1 N–H and O–H groups in total. The number of rotatable bonds is 3. The Hall–Kier alpha value is -0.460. The Morgan fingerprint density at radius 1 is 1.71 bits per heavy atom. The molecular weight excluding hydrogens is 83.7 g/mol. The van der Waals surface area contributed by atoms with Crippen molar-refractivity contribution in [1.29, 1.82) is 0 Å². The molecule has 0 atom stereocenters. The summed E-state index contributed by atoms with van der Waals surface area (Å²) in [6.07, 6.45) is 1.81. The molecule has 0 aromatic heterocycles. The molecule has 0 bridgehead atoms. The summed E-state index contributed by atoms with van der Waals surface area (Å²) < 4.78 is 0. The van der Waals surface area contributed by atoms with Gasteiger partial charge in [-0.15, -0.1) is 0 Å². The molecule has 7 heavy (non-hydrogen) atoms. The van der Waals surface area contributed by atoms with E-state index in [0.717, 1.165) is 0 Å². The van der Waals surface area contributed by atoms with Gasteiger partial charge in [0.2, 0.25) is 0 Å². The average molecular weight is 91.7 g/mol. The zero-order valence-electron chi connectivity index (χ0n) is 4.52. The second kappa shape index (κ2) is 5.54. The fourth-order valence-corrected chi connectivity index (χ4v) is 0.220. The third-order valence-electron chi connectivity index (χ3n) is 0.495. The zero-order valence-corrected chi connectivity index (χ0v) is 4.52. The van der Waals surface area contributed by atoms with Gasteiger partial charge >= 0.3 is 45.0 Å². The molecule has 0 amide bonds. The first-order chi connectivity index (χ1) is 3.41. The molecule has 0 rings (SSSR count). The van der Waals surface area contributed by atoms with Crippen molar-refractivity contribution >= 4 is 20.8 Å². The van der Waals surface area contributed by atoms with Crippen LogP contribution in [0, 0.1) is 0 Å². The summed E-state index contributed by atoms with van der Waals surface area (Å²) in [4.78, 5) is 0. The Morgan fingerprint density at radius 3 is 2.86 bits per heavy atom. The van der Waals surface area contributed by atoms with Gasteiger partial charge in [0.25, 0.3) is 0 Å². The second-order valence-electron chi connectivity index (χ2n) is 1.05. The van der Waals surface area contributed by atoms with Gasteiger partial charge < -0.3 is 0 Å². The predicted octanol–water partition coefficient (Wildman–Crippen LogP) is -0.149. The van der Waals surface area contributed by atoms with E-state index >= 15 is 0 Å². The van der Waals surface area contributed by atoms with Gasteiger partial charge in [0, 0.05) is 0 Å². The van der Waals surface area contributed by atoms with Gasteiger partial charge in [-0.05, 0) is 0 Å². The molecule has 0 saturated heterocycles. The minimum absolute atomic E-state index is 1.72. The molecular formula is C4H8B2N. The summed E-state index contributed by atoms with van der Waals surface area (Å²) in [6.45, 7) is 7.13. The van der Waals surface area contributed by atoms with Crippen LogP contribution in [-0.2, 0) is 0 Å². The van der Waals surface area contributed by atoms with Crippen LogP contribution in [0.25, 0.3) is 0 Å². The van der Waals surface area contributed by atoms with Crippen LogP contribution in [-0.4, -0.2) is 20.8 Å². The van der Waals surface area contributed by atoms with Crippen LogP contribution in [0.5, 0.6) is 0 Å². The Kier molecular flexibility index (Phi) is 5.18. The van der Waals surface area contributed by atoms with E-state index in [2.05, 4.69) is 11.7 Å². The van der Waals surface area contributed by atoms with E-state index in [9.17, 15) is 0 Å². The minimum atomic E-state index is 1.72. The molecule has 0 aliphatic carbocycles. The quantitative estimate of drug-likeness (QED) is 0.477. The van der Waals surface area contributed by atoms with E-state index in [-0.39, 0.29) is 0 Å². The molecule has 0 heterocycles. The summed E-state index contributed by atoms with van der Waals surface area (Å²) >= 11 is 0. The average Bonchev–Trinajstić information content (AvgIpc) is 1.69. The zero-order chi connectivity index (χ0) is 5.54. The Balaban J connectivity index is 2.92. The van der Waals surface area contributed by atoms with Gasteiger partial charge in [0.1, 0.15) is 0 Å². The van der Waals surface area contributed by atoms with Crippen molar-refractivity contribution in [3.8, 4) is 0 Å². The van der Waals surface area contributed by atoms with E-state index in [1.54, 1.807) is 6.92 Å². The molecule has 0 saturated carbocycles. The number of hydrogen-bond acceptors (Lipinski definition) is 1. The first kappa shape index (κ1) is 6.54. The SMILES string of the molecule is C=BC=CN[B]C. The normalized spacial score (nSPS) is 8.14. The van der Waals surface area contributed by atoms with Crippen molar-refractivity contribution in [2.24, 2.45) is 0 Å². The van der Waals surface area contributed by atoms with Crippen LogP contribution in [0.2, 0.25) is 6.82 Å². The summed E-state index contributed by atoms with van der Waals surface area (Å²) in [5.41, 5.74) is 0. The van der Waals surface area contributed by atoms with E-state index in [1.807, 2.05) is 26.4 Å². The van der Waals surface area contributed by atoms with Crippen LogP contribution >= 0.6 is 0 Å². The molecule has 0 fully saturated rings. The summed E-state index contributed by atoms with van der Waals surface area (Å²) in [5, 5.41) is 2.87. The van der Waals surface area contributed by atoms with Crippen LogP contribution < -0.4 is 5.23 Å². The van der Waals surface area contributed by atoms with Crippen LogP contribution in [0.1, 0.15) is 0 Å². The maximum absolute atomic E-state index is 3.49. The fourth-order valence-electron chi connectivity index (χ4n) is 0.220. The number of nitrogens with one attached hydrogen (secondary N) is 1. The van der Waals surface area contributed by atoms with Crippen molar-refractivity contribution in [3.05, 3.63) is 12.2 Å². The van der Waals surface area contributed by atoms with Crippen molar-refractivity contribution in [2.45, 2.75) is 6.82 Å². The summed E-state index contributed by atoms with van der Waals surface area (Å²) in [7, 11) is 1.85. The van der Waals surface area contributed by atoms with Gasteiger partial charge in [-0.25, -0.2) is 0 Å². The summed E-state index contributed by atoms with van der Waals surface area (Å²) in [5.74, 6) is 1.83. The van der Waals surface area contributed by atoms with E-state index < -0.39 is 0 Å². The monoisotopic (exact) mass is 92.1 g/mol. The molecule has 1 nitrogen and oxygen atoms in total. The van der Waals surface area contributed by atoms with E-state index in [0.29, 0.717) is 0 Å². The first-order valence-corrected chi connectivity index (χ1v) is 2.23. The third kappa shape index (κ3) is 5.54. The van der Waals surface area contributed by atoms with Crippen LogP contribution in [0.4, 0.5) is 0 Å². The van der Waals surface area contributed by atoms with Crippen molar-refractivity contribution in [2.75, 3.05) is 0 Å². The molecule has 0 aromatic rings.